The Morgan fingerprint density at radius 1 is 1.50 bits per heavy atom. The van der Waals surface area contributed by atoms with Crippen molar-refractivity contribution >= 4 is 5.91 Å². The van der Waals surface area contributed by atoms with Gasteiger partial charge in [-0.15, -0.1) is 5.10 Å². The molecule has 0 aromatic carbocycles. The lowest BCUT2D eigenvalue weighted by molar-refractivity contribution is -0.143. The molecule has 2 rings (SSSR count). The lowest BCUT2D eigenvalue weighted by Crippen LogP contribution is -2.50. The van der Waals surface area contributed by atoms with Crippen LogP contribution in [0.5, 0.6) is 0 Å². The zero-order chi connectivity index (χ0) is 16.5. The summed E-state index contributed by atoms with van der Waals surface area (Å²) in [5.41, 5.74) is -1.71. The highest BCUT2D eigenvalue weighted by molar-refractivity contribution is 5.77. The number of amides is 1. The second-order valence-electron chi connectivity index (χ2n) is 7.12. The Morgan fingerprint density at radius 2 is 2.18 bits per heavy atom. The lowest BCUT2D eigenvalue weighted by atomic mass is 9.89. The number of hydrogen-bond acceptors (Lipinski definition) is 5. The summed E-state index contributed by atoms with van der Waals surface area (Å²) in [5.74, 6) is -0.151. The van der Waals surface area contributed by atoms with E-state index in [-0.39, 0.29) is 24.9 Å². The highest BCUT2D eigenvalue weighted by Crippen LogP contribution is 2.31. The van der Waals surface area contributed by atoms with Gasteiger partial charge in [0.2, 0.25) is 5.91 Å². The van der Waals surface area contributed by atoms with Crippen molar-refractivity contribution < 1.29 is 15.0 Å². The second kappa shape index (κ2) is 5.96. The molecule has 0 saturated carbocycles. The standard InChI is InChI=1S/C15H26N4O3/c1-11(2)19-9-12(16-17-19)15(22)6-5-7-18(10-15)13(20)8-14(3,4)21/h9,11,21-22H,5-8,10H2,1-4H3. The van der Waals surface area contributed by atoms with Gasteiger partial charge in [0.25, 0.3) is 0 Å². The summed E-state index contributed by atoms with van der Waals surface area (Å²) in [6.07, 6.45) is 3.04. The van der Waals surface area contributed by atoms with Gasteiger partial charge in [-0.05, 0) is 40.5 Å². The topological polar surface area (TPSA) is 91.5 Å². The molecule has 2 heterocycles. The van der Waals surface area contributed by atoms with Crippen molar-refractivity contribution in [3.63, 3.8) is 0 Å². The van der Waals surface area contributed by atoms with Crippen molar-refractivity contribution in [2.75, 3.05) is 13.1 Å². The van der Waals surface area contributed by atoms with E-state index in [9.17, 15) is 15.0 Å². The van der Waals surface area contributed by atoms with Gasteiger partial charge in [0.05, 0.1) is 24.8 Å². The fraction of sp³-hybridized carbons (Fsp3) is 0.800. The summed E-state index contributed by atoms with van der Waals surface area (Å²) in [6.45, 7) is 7.98. The smallest absolute Gasteiger partial charge is 0.225 e. The summed E-state index contributed by atoms with van der Waals surface area (Å²) >= 11 is 0. The molecule has 1 aromatic rings. The number of rotatable bonds is 4. The van der Waals surface area contributed by atoms with Crippen LogP contribution >= 0.6 is 0 Å². The Bertz CT molecular complexity index is 535. The molecule has 124 valence electrons. The maximum atomic E-state index is 12.3. The first kappa shape index (κ1) is 16.9. The van der Waals surface area contributed by atoms with Gasteiger partial charge in [0.1, 0.15) is 11.3 Å². The summed E-state index contributed by atoms with van der Waals surface area (Å²) in [4.78, 5) is 13.9. The van der Waals surface area contributed by atoms with Gasteiger partial charge >= 0.3 is 0 Å². The Kier molecular flexibility index (Phi) is 4.58. The Morgan fingerprint density at radius 3 is 2.73 bits per heavy atom. The van der Waals surface area contributed by atoms with Crippen molar-refractivity contribution in [1.29, 1.82) is 0 Å². The largest absolute Gasteiger partial charge is 0.390 e. The van der Waals surface area contributed by atoms with Gasteiger partial charge in [-0.1, -0.05) is 5.21 Å². The predicted molar refractivity (Wildman–Crippen MR) is 81.0 cm³/mol. The van der Waals surface area contributed by atoms with Gasteiger partial charge in [-0.3, -0.25) is 4.79 Å². The van der Waals surface area contributed by atoms with Crippen LogP contribution in [-0.2, 0) is 10.4 Å². The molecular weight excluding hydrogens is 284 g/mol. The minimum absolute atomic E-state index is 0.0434. The number of carbonyl (C=O) groups excluding carboxylic acids is 1. The number of nitrogens with zero attached hydrogens (tertiary/aromatic N) is 4. The van der Waals surface area contributed by atoms with E-state index in [0.717, 1.165) is 0 Å². The van der Waals surface area contributed by atoms with Gasteiger partial charge in [0, 0.05) is 12.6 Å². The Balaban J connectivity index is 2.12. The maximum absolute atomic E-state index is 12.3. The average molecular weight is 310 g/mol. The number of aliphatic hydroxyl groups is 2. The number of β-amino-alcohol motifs (C(OH)–C–C–N with tert-alkyl or cyclic N) is 1. The van der Waals surface area contributed by atoms with Gasteiger partial charge in [-0.2, -0.15) is 0 Å². The van der Waals surface area contributed by atoms with E-state index in [4.69, 9.17) is 0 Å². The summed E-state index contributed by atoms with van der Waals surface area (Å²) in [7, 11) is 0. The predicted octanol–water partition coefficient (Wildman–Crippen LogP) is 0.830. The number of hydrogen-bond donors (Lipinski definition) is 2. The van der Waals surface area contributed by atoms with Crippen molar-refractivity contribution in [3.8, 4) is 0 Å². The monoisotopic (exact) mass is 310 g/mol. The minimum atomic E-state index is -1.17. The van der Waals surface area contributed by atoms with Crippen molar-refractivity contribution in [3.05, 3.63) is 11.9 Å². The zero-order valence-electron chi connectivity index (χ0n) is 13.8. The molecule has 7 heteroatoms. The first-order chi connectivity index (χ1) is 10.1. The van der Waals surface area contributed by atoms with Crippen molar-refractivity contribution in [2.24, 2.45) is 0 Å². The molecule has 2 N–H and O–H groups in total. The molecule has 0 aliphatic carbocycles. The van der Waals surface area contributed by atoms with Crippen LogP contribution in [0.15, 0.2) is 6.20 Å². The fourth-order valence-electron chi connectivity index (χ4n) is 2.68. The first-order valence-electron chi connectivity index (χ1n) is 7.75. The van der Waals surface area contributed by atoms with Crippen LogP contribution in [0.25, 0.3) is 0 Å². The molecule has 0 spiro atoms. The molecular formula is C15H26N4O3. The van der Waals surface area contributed by atoms with Crippen LogP contribution in [0.3, 0.4) is 0 Å². The van der Waals surface area contributed by atoms with Crippen LogP contribution in [0.4, 0.5) is 0 Å². The summed E-state index contributed by atoms with van der Waals surface area (Å²) < 4.78 is 1.70. The van der Waals surface area contributed by atoms with E-state index in [1.807, 2.05) is 13.8 Å². The van der Waals surface area contributed by atoms with E-state index < -0.39 is 11.2 Å². The van der Waals surface area contributed by atoms with Crippen molar-refractivity contribution in [1.82, 2.24) is 19.9 Å². The second-order valence-corrected chi connectivity index (χ2v) is 7.12. The van der Waals surface area contributed by atoms with Crippen LogP contribution in [0.1, 0.15) is 58.7 Å². The molecule has 1 aromatic heterocycles. The molecule has 0 bridgehead atoms. The molecule has 1 fully saturated rings. The minimum Gasteiger partial charge on any atom is -0.390 e. The lowest BCUT2D eigenvalue weighted by Gasteiger charge is -2.38. The van der Waals surface area contributed by atoms with Crippen molar-refractivity contribution in [2.45, 2.75) is 64.2 Å². The van der Waals surface area contributed by atoms with Crippen LogP contribution < -0.4 is 0 Å². The van der Waals surface area contributed by atoms with E-state index in [0.29, 0.717) is 25.1 Å². The summed E-state index contributed by atoms with van der Waals surface area (Å²) in [5, 5.41) is 28.8. The Hall–Kier alpha value is -1.47. The molecule has 1 atom stereocenters. The maximum Gasteiger partial charge on any atom is 0.225 e. The number of likely N-dealkylation sites (tertiary alicyclic amines) is 1. The number of aromatic nitrogens is 3. The summed E-state index contributed by atoms with van der Waals surface area (Å²) in [6, 6.07) is 0.168. The average Bonchev–Trinajstić information content (AvgIpc) is 2.87. The highest BCUT2D eigenvalue weighted by Gasteiger charge is 2.39. The molecule has 1 saturated heterocycles. The van der Waals surface area contributed by atoms with Gasteiger partial charge < -0.3 is 15.1 Å². The number of piperidine rings is 1. The number of carbonyl (C=O) groups is 1. The van der Waals surface area contributed by atoms with Gasteiger partial charge in [0.15, 0.2) is 0 Å². The van der Waals surface area contributed by atoms with E-state index in [1.165, 1.54) is 0 Å². The van der Waals surface area contributed by atoms with Crippen LogP contribution in [-0.4, -0.2) is 54.7 Å². The molecule has 1 aliphatic rings. The molecule has 22 heavy (non-hydrogen) atoms. The molecule has 1 aliphatic heterocycles. The van der Waals surface area contributed by atoms with Crippen LogP contribution in [0, 0.1) is 0 Å². The molecule has 7 nitrogen and oxygen atoms in total. The quantitative estimate of drug-likeness (QED) is 0.859. The first-order valence-corrected chi connectivity index (χ1v) is 7.75. The normalized spacial score (nSPS) is 23.1. The third-order valence-corrected chi connectivity index (χ3v) is 3.92. The third kappa shape index (κ3) is 3.84. The highest BCUT2D eigenvalue weighted by atomic mass is 16.3. The third-order valence-electron chi connectivity index (χ3n) is 3.92. The van der Waals surface area contributed by atoms with Crippen LogP contribution in [0.2, 0.25) is 0 Å². The van der Waals surface area contributed by atoms with E-state index >= 15 is 0 Å². The molecule has 1 unspecified atom stereocenters. The SMILES string of the molecule is CC(C)n1cc(C2(O)CCCN(C(=O)CC(C)(C)O)C2)nn1. The fourth-order valence-corrected chi connectivity index (χ4v) is 2.68. The molecule has 1 amide bonds. The van der Waals surface area contributed by atoms with E-state index in [1.54, 1.807) is 29.6 Å². The Labute approximate surface area is 130 Å². The van der Waals surface area contributed by atoms with Gasteiger partial charge in [-0.25, -0.2) is 4.68 Å². The van der Waals surface area contributed by atoms with E-state index in [2.05, 4.69) is 10.3 Å². The zero-order valence-corrected chi connectivity index (χ0v) is 13.8. The molecule has 0 radical (unpaired) electrons.